The van der Waals surface area contributed by atoms with Crippen molar-refractivity contribution in [1.29, 1.82) is 0 Å². The second kappa shape index (κ2) is 10.5. The van der Waals surface area contributed by atoms with Gasteiger partial charge in [0.25, 0.3) is 11.7 Å². The lowest BCUT2D eigenvalue weighted by atomic mass is 9.95. The van der Waals surface area contributed by atoms with Gasteiger partial charge in [0, 0.05) is 18.7 Å². The van der Waals surface area contributed by atoms with Crippen molar-refractivity contribution in [2.75, 3.05) is 26.4 Å². The van der Waals surface area contributed by atoms with Crippen LogP contribution in [0.4, 0.5) is 0 Å². The van der Waals surface area contributed by atoms with Gasteiger partial charge in [-0.05, 0) is 62.6 Å². The van der Waals surface area contributed by atoms with E-state index >= 15 is 0 Å². The van der Waals surface area contributed by atoms with Crippen molar-refractivity contribution in [3.8, 4) is 11.5 Å². The van der Waals surface area contributed by atoms with Gasteiger partial charge in [-0.25, -0.2) is 0 Å². The number of likely N-dealkylation sites (tertiary alicyclic amines) is 1. The average molecular weight is 486 g/mol. The fourth-order valence-electron chi connectivity index (χ4n) is 4.44. The number of ketones is 1. The molecular weight excluding hydrogens is 458 g/mol. The maximum atomic E-state index is 13.2. The third kappa shape index (κ3) is 4.76. The molecule has 2 aromatic carbocycles. The number of nitrogens with zero attached hydrogens (tertiary/aromatic N) is 1. The summed E-state index contributed by atoms with van der Waals surface area (Å²) in [6.07, 6.45) is 1.56. The zero-order valence-corrected chi connectivity index (χ0v) is 20.0. The number of hydrogen-bond donors (Lipinski definition) is 1. The zero-order chi connectivity index (χ0) is 24.2. The number of ether oxygens (including phenoxy) is 3. The van der Waals surface area contributed by atoms with E-state index < -0.39 is 17.7 Å². The molecule has 2 aromatic rings. The molecule has 2 saturated heterocycles. The van der Waals surface area contributed by atoms with Crippen molar-refractivity contribution >= 4 is 29.1 Å². The van der Waals surface area contributed by atoms with Crippen molar-refractivity contribution in [3.63, 3.8) is 0 Å². The van der Waals surface area contributed by atoms with Crippen LogP contribution in [0.25, 0.3) is 5.76 Å². The first-order valence-electron chi connectivity index (χ1n) is 11.5. The number of halogens is 1. The third-order valence-electron chi connectivity index (χ3n) is 5.95. The Morgan fingerprint density at radius 3 is 2.65 bits per heavy atom. The van der Waals surface area contributed by atoms with E-state index in [1.165, 1.54) is 4.90 Å². The summed E-state index contributed by atoms with van der Waals surface area (Å²) < 4.78 is 16.9. The maximum Gasteiger partial charge on any atom is 0.295 e. The number of benzene rings is 2. The molecule has 0 bridgehead atoms. The van der Waals surface area contributed by atoms with Gasteiger partial charge in [-0.15, -0.1) is 0 Å². The number of hydrogen-bond acceptors (Lipinski definition) is 6. The number of carbonyl (C=O) groups is 2. The monoisotopic (exact) mass is 485 g/mol. The largest absolute Gasteiger partial charge is 0.507 e. The minimum Gasteiger partial charge on any atom is -0.507 e. The van der Waals surface area contributed by atoms with E-state index in [0.717, 1.165) is 12.8 Å². The number of aliphatic hydroxyl groups excluding tert-OH is 1. The molecule has 2 aliphatic heterocycles. The number of carbonyl (C=O) groups excluding carboxylic acids is 2. The summed E-state index contributed by atoms with van der Waals surface area (Å²) in [7, 11) is 0. The fourth-order valence-corrected chi connectivity index (χ4v) is 4.61. The molecule has 2 aliphatic rings. The maximum absolute atomic E-state index is 13.2. The van der Waals surface area contributed by atoms with Gasteiger partial charge >= 0.3 is 0 Å². The molecule has 2 heterocycles. The average Bonchev–Trinajstić information content (AvgIpc) is 3.43. The topological polar surface area (TPSA) is 85.3 Å². The van der Waals surface area contributed by atoms with E-state index in [4.69, 9.17) is 25.8 Å². The smallest absolute Gasteiger partial charge is 0.295 e. The highest BCUT2D eigenvalue weighted by Crippen LogP contribution is 2.41. The quantitative estimate of drug-likeness (QED) is 0.330. The van der Waals surface area contributed by atoms with Crippen LogP contribution < -0.4 is 9.47 Å². The highest BCUT2D eigenvalue weighted by atomic mass is 35.5. The normalized spacial score (nSPS) is 21.8. The minimum absolute atomic E-state index is 0.0152. The van der Waals surface area contributed by atoms with Crippen molar-refractivity contribution < 1.29 is 28.9 Å². The van der Waals surface area contributed by atoms with Gasteiger partial charge in [-0.3, -0.25) is 9.59 Å². The molecule has 1 N–H and O–H groups in total. The molecular formula is C26H28ClNO6. The van der Waals surface area contributed by atoms with Gasteiger partial charge in [-0.2, -0.15) is 0 Å². The fraction of sp³-hybridized carbons (Fsp3) is 0.385. The van der Waals surface area contributed by atoms with Crippen molar-refractivity contribution in [2.45, 2.75) is 38.8 Å². The first-order chi connectivity index (χ1) is 16.4. The Labute approximate surface area is 203 Å². The molecule has 0 saturated carbocycles. The SMILES string of the molecule is CCOc1cccc(C2/C(=C(/O)c3ccc(Cl)c(OCC)c3)C(=O)C(=O)N2CC2CCCO2)c1. The van der Waals surface area contributed by atoms with Gasteiger partial charge in [0.15, 0.2) is 0 Å². The van der Waals surface area contributed by atoms with Crippen LogP contribution in [-0.2, 0) is 14.3 Å². The van der Waals surface area contributed by atoms with Gasteiger partial charge in [0.1, 0.15) is 17.3 Å². The lowest BCUT2D eigenvalue weighted by Gasteiger charge is -2.27. The molecule has 0 spiro atoms. The highest BCUT2D eigenvalue weighted by Gasteiger charge is 2.47. The molecule has 7 nitrogen and oxygen atoms in total. The van der Waals surface area contributed by atoms with Gasteiger partial charge in [-0.1, -0.05) is 23.7 Å². The summed E-state index contributed by atoms with van der Waals surface area (Å²) in [5, 5.41) is 11.7. The summed E-state index contributed by atoms with van der Waals surface area (Å²) in [6, 6.07) is 11.2. The summed E-state index contributed by atoms with van der Waals surface area (Å²) >= 11 is 6.20. The lowest BCUT2D eigenvalue weighted by Crippen LogP contribution is -2.36. The second-order valence-electron chi connectivity index (χ2n) is 8.17. The summed E-state index contributed by atoms with van der Waals surface area (Å²) in [4.78, 5) is 27.9. The zero-order valence-electron chi connectivity index (χ0n) is 19.3. The Balaban J connectivity index is 1.83. The van der Waals surface area contributed by atoms with Crippen LogP contribution in [0.1, 0.15) is 43.9 Å². The summed E-state index contributed by atoms with van der Waals surface area (Å²) in [6.45, 7) is 5.46. The molecule has 34 heavy (non-hydrogen) atoms. The van der Waals surface area contributed by atoms with Gasteiger partial charge in [0.05, 0.1) is 36.0 Å². The van der Waals surface area contributed by atoms with Crippen LogP contribution in [0, 0.1) is 0 Å². The molecule has 8 heteroatoms. The Hall–Kier alpha value is -3.03. The Bertz CT molecular complexity index is 1110. The van der Waals surface area contributed by atoms with Crippen LogP contribution in [0.5, 0.6) is 11.5 Å². The van der Waals surface area contributed by atoms with Crippen molar-refractivity contribution in [1.82, 2.24) is 4.90 Å². The second-order valence-corrected chi connectivity index (χ2v) is 8.58. The molecule has 2 unspecified atom stereocenters. The number of aliphatic hydroxyl groups is 1. The van der Waals surface area contributed by atoms with Gasteiger partial charge < -0.3 is 24.2 Å². The van der Waals surface area contributed by atoms with Crippen LogP contribution in [0.15, 0.2) is 48.0 Å². The number of Topliss-reactive ketones (excluding diaryl/α,β-unsaturated/α-hetero) is 1. The minimum atomic E-state index is -0.782. The van der Waals surface area contributed by atoms with Crippen LogP contribution in [0.2, 0.25) is 5.02 Å². The van der Waals surface area contributed by atoms with Gasteiger partial charge in [0.2, 0.25) is 0 Å². The Morgan fingerprint density at radius 2 is 1.94 bits per heavy atom. The highest BCUT2D eigenvalue weighted by molar-refractivity contribution is 6.46. The van der Waals surface area contributed by atoms with Crippen LogP contribution in [0.3, 0.4) is 0 Å². The molecule has 2 atom stereocenters. The van der Waals surface area contributed by atoms with Crippen molar-refractivity contribution in [2.24, 2.45) is 0 Å². The Morgan fingerprint density at radius 1 is 1.15 bits per heavy atom. The third-order valence-corrected chi connectivity index (χ3v) is 6.27. The van der Waals surface area contributed by atoms with E-state index in [-0.39, 0.29) is 24.0 Å². The Kier molecular flexibility index (Phi) is 7.44. The van der Waals surface area contributed by atoms with E-state index in [2.05, 4.69) is 0 Å². The summed E-state index contributed by atoms with van der Waals surface area (Å²) in [5.74, 6) is -0.680. The van der Waals surface area contributed by atoms with E-state index in [1.807, 2.05) is 32.0 Å². The number of rotatable bonds is 8. The molecule has 2 fully saturated rings. The number of amides is 1. The first kappa shape index (κ1) is 24.1. The predicted octanol–water partition coefficient (Wildman–Crippen LogP) is 4.74. The lowest BCUT2D eigenvalue weighted by molar-refractivity contribution is -0.140. The molecule has 0 radical (unpaired) electrons. The van der Waals surface area contributed by atoms with E-state index in [9.17, 15) is 14.7 Å². The van der Waals surface area contributed by atoms with Crippen LogP contribution in [-0.4, -0.2) is 54.2 Å². The van der Waals surface area contributed by atoms with E-state index in [0.29, 0.717) is 47.5 Å². The molecule has 0 aromatic heterocycles. The predicted molar refractivity (Wildman–Crippen MR) is 128 cm³/mol. The van der Waals surface area contributed by atoms with E-state index in [1.54, 1.807) is 24.3 Å². The standard InChI is InChI=1S/C26H28ClNO6/c1-3-32-18-8-5-7-16(13-18)23-22(24(29)17-10-11-20(27)21(14-17)33-4-2)25(30)26(31)28(23)15-19-9-6-12-34-19/h5,7-8,10-11,13-14,19,23,29H,3-4,6,9,12,15H2,1-2H3/b24-22-. The van der Waals surface area contributed by atoms with Crippen molar-refractivity contribution in [3.05, 3.63) is 64.2 Å². The molecule has 4 rings (SSSR count). The van der Waals surface area contributed by atoms with Crippen LogP contribution >= 0.6 is 11.6 Å². The molecule has 0 aliphatic carbocycles. The summed E-state index contributed by atoms with van der Waals surface area (Å²) in [5.41, 5.74) is 1.03. The molecule has 1 amide bonds. The first-order valence-corrected chi connectivity index (χ1v) is 11.9. The molecule has 180 valence electrons.